The van der Waals surface area contributed by atoms with Gasteiger partial charge in [-0.2, -0.15) is 0 Å². The molecule has 0 bridgehead atoms. The van der Waals surface area contributed by atoms with Gasteiger partial charge in [0.1, 0.15) is 11.0 Å². The predicted octanol–water partition coefficient (Wildman–Crippen LogP) is 2.07. The van der Waals surface area contributed by atoms with Gasteiger partial charge in [0.25, 0.3) is 5.69 Å². The van der Waals surface area contributed by atoms with E-state index in [0.29, 0.717) is 0 Å². The average Bonchev–Trinajstić information content (AvgIpc) is 2.24. The molecule has 1 aromatic rings. The molecule has 6 nitrogen and oxygen atoms in total. The van der Waals surface area contributed by atoms with Gasteiger partial charge in [0.15, 0.2) is 0 Å². The number of anilines is 1. The fourth-order valence-electron chi connectivity index (χ4n) is 1.12. The van der Waals surface area contributed by atoms with Crippen molar-refractivity contribution in [3.63, 3.8) is 0 Å². The summed E-state index contributed by atoms with van der Waals surface area (Å²) in [6.45, 7) is 4.02. The Kier molecular flexibility index (Phi) is 4.65. The Morgan fingerprint density at radius 2 is 2.24 bits per heavy atom. The van der Waals surface area contributed by atoms with E-state index in [1.54, 1.807) is 0 Å². The van der Waals surface area contributed by atoms with E-state index < -0.39 is 11.0 Å². The minimum absolute atomic E-state index is 0.0423. The number of rotatable bonds is 5. The minimum Gasteiger partial charge on any atom is -0.391 e. The Bertz CT molecular complexity index is 412. The smallest absolute Gasteiger partial charge is 0.276 e. The highest BCUT2D eigenvalue weighted by molar-refractivity contribution is 6.29. The lowest BCUT2D eigenvalue weighted by molar-refractivity contribution is -0.384. The second-order valence-corrected chi connectivity index (χ2v) is 4.37. The number of halogens is 1. The number of hydrogen-bond acceptors (Lipinski definition) is 5. The van der Waals surface area contributed by atoms with Crippen LogP contribution in [0.4, 0.5) is 11.5 Å². The zero-order valence-corrected chi connectivity index (χ0v) is 10.3. The van der Waals surface area contributed by atoms with Gasteiger partial charge in [-0.25, -0.2) is 4.98 Å². The molecule has 0 amide bonds. The molecule has 0 aliphatic rings. The first-order valence-electron chi connectivity index (χ1n) is 5.14. The van der Waals surface area contributed by atoms with Crippen molar-refractivity contribution in [1.82, 2.24) is 4.98 Å². The van der Waals surface area contributed by atoms with E-state index in [2.05, 4.69) is 10.3 Å². The van der Waals surface area contributed by atoms with Crippen molar-refractivity contribution in [1.29, 1.82) is 0 Å². The zero-order valence-electron chi connectivity index (χ0n) is 9.55. The van der Waals surface area contributed by atoms with Crippen LogP contribution in [0.3, 0.4) is 0 Å². The van der Waals surface area contributed by atoms with Crippen LogP contribution in [0.5, 0.6) is 0 Å². The van der Waals surface area contributed by atoms with Crippen molar-refractivity contribution in [2.45, 2.75) is 20.0 Å². The lowest BCUT2D eigenvalue weighted by Crippen LogP contribution is -2.25. The summed E-state index contributed by atoms with van der Waals surface area (Å²) >= 11 is 5.65. The van der Waals surface area contributed by atoms with Crippen LogP contribution >= 0.6 is 11.6 Å². The van der Waals surface area contributed by atoms with Gasteiger partial charge in [0.2, 0.25) is 0 Å². The molecule has 0 spiro atoms. The fourth-order valence-corrected chi connectivity index (χ4v) is 1.33. The molecular formula is C10H14ClN3O3. The molecule has 1 atom stereocenters. The zero-order chi connectivity index (χ0) is 13.0. The summed E-state index contributed by atoms with van der Waals surface area (Å²) in [5.41, 5.74) is -0.133. The molecule has 1 unspecified atom stereocenters. The number of hydrogen-bond donors (Lipinski definition) is 2. The number of nitrogens with one attached hydrogen (secondary N) is 1. The van der Waals surface area contributed by atoms with E-state index in [1.165, 1.54) is 12.1 Å². The minimum atomic E-state index is -0.546. The Morgan fingerprint density at radius 1 is 1.59 bits per heavy atom. The Balaban J connectivity index is 2.74. The molecule has 0 aliphatic heterocycles. The van der Waals surface area contributed by atoms with Crippen molar-refractivity contribution in [3.8, 4) is 0 Å². The van der Waals surface area contributed by atoms with Gasteiger partial charge in [-0.15, -0.1) is 0 Å². The molecule has 1 rings (SSSR count). The summed E-state index contributed by atoms with van der Waals surface area (Å²) in [6.07, 6.45) is -0.546. The Morgan fingerprint density at radius 3 is 2.76 bits per heavy atom. The van der Waals surface area contributed by atoms with Crippen LogP contribution in [0.1, 0.15) is 13.8 Å². The summed E-state index contributed by atoms with van der Waals surface area (Å²) in [6, 6.07) is 2.45. The topological polar surface area (TPSA) is 88.3 Å². The fraction of sp³-hybridized carbons (Fsp3) is 0.500. The summed E-state index contributed by atoms with van der Waals surface area (Å²) in [5, 5.41) is 23.0. The SMILES string of the molecule is CC(C)C(O)CNc1cc([N+](=O)[O-])cc(Cl)n1. The third-order valence-electron chi connectivity index (χ3n) is 2.25. The Labute approximate surface area is 104 Å². The molecule has 0 aliphatic carbocycles. The highest BCUT2D eigenvalue weighted by atomic mass is 35.5. The molecule has 0 fully saturated rings. The second kappa shape index (κ2) is 5.79. The molecule has 17 heavy (non-hydrogen) atoms. The van der Waals surface area contributed by atoms with Crippen LogP contribution in [0.2, 0.25) is 5.15 Å². The number of nitro groups is 1. The molecule has 1 heterocycles. The first kappa shape index (κ1) is 13.7. The molecule has 1 aromatic heterocycles. The number of pyridine rings is 1. The third kappa shape index (κ3) is 4.16. The largest absolute Gasteiger partial charge is 0.391 e. The van der Waals surface area contributed by atoms with E-state index in [0.717, 1.165) is 0 Å². The van der Waals surface area contributed by atoms with Crippen molar-refractivity contribution in [3.05, 3.63) is 27.4 Å². The molecule has 0 aromatic carbocycles. The molecule has 0 saturated heterocycles. The van der Waals surface area contributed by atoms with E-state index in [4.69, 9.17) is 11.6 Å². The van der Waals surface area contributed by atoms with Gasteiger partial charge in [0.05, 0.1) is 23.2 Å². The molecule has 0 saturated carbocycles. The second-order valence-electron chi connectivity index (χ2n) is 3.98. The van der Waals surface area contributed by atoms with Crippen molar-refractivity contribution in [2.75, 3.05) is 11.9 Å². The standard InChI is InChI=1S/C10H14ClN3O3/c1-6(2)8(15)5-12-10-4-7(14(16)17)3-9(11)13-10/h3-4,6,8,15H,5H2,1-2H3,(H,12,13). The van der Waals surface area contributed by atoms with Gasteiger partial charge in [-0.1, -0.05) is 25.4 Å². The van der Waals surface area contributed by atoms with E-state index >= 15 is 0 Å². The van der Waals surface area contributed by atoms with Gasteiger partial charge in [0, 0.05) is 6.54 Å². The van der Waals surface area contributed by atoms with Crippen LogP contribution < -0.4 is 5.32 Å². The third-order valence-corrected chi connectivity index (χ3v) is 2.45. The quantitative estimate of drug-likeness (QED) is 0.480. The Hall–Kier alpha value is -1.40. The van der Waals surface area contributed by atoms with Crippen molar-refractivity contribution in [2.24, 2.45) is 5.92 Å². The van der Waals surface area contributed by atoms with Gasteiger partial charge in [-0.3, -0.25) is 10.1 Å². The van der Waals surface area contributed by atoms with E-state index in [1.807, 2.05) is 13.8 Å². The lowest BCUT2D eigenvalue weighted by atomic mass is 10.1. The average molecular weight is 260 g/mol. The number of aliphatic hydroxyl groups is 1. The molecule has 2 N–H and O–H groups in total. The molecular weight excluding hydrogens is 246 g/mol. The van der Waals surface area contributed by atoms with E-state index in [9.17, 15) is 15.2 Å². The summed E-state index contributed by atoms with van der Waals surface area (Å²) in [7, 11) is 0. The van der Waals surface area contributed by atoms with E-state index in [-0.39, 0.29) is 29.1 Å². The van der Waals surface area contributed by atoms with Gasteiger partial charge < -0.3 is 10.4 Å². The lowest BCUT2D eigenvalue weighted by Gasteiger charge is -2.15. The molecule has 7 heteroatoms. The maximum Gasteiger partial charge on any atom is 0.276 e. The van der Waals surface area contributed by atoms with Crippen LogP contribution in [0.15, 0.2) is 12.1 Å². The first-order valence-corrected chi connectivity index (χ1v) is 5.52. The molecule has 0 radical (unpaired) electrons. The van der Waals surface area contributed by atoms with Crippen molar-refractivity contribution >= 4 is 23.1 Å². The number of nitrogens with zero attached hydrogens (tertiary/aromatic N) is 2. The van der Waals surface area contributed by atoms with Gasteiger partial charge >= 0.3 is 0 Å². The monoisotopic (exact) mass is 259 g/mol. The highest BCUT2D eigenvalue weighted by Gasteiger charge is 2.12. The van der Waals surface area contributed by atoms with Crippen LogP contribution in [0.25, 0.3) is 0 Å². The maximum absolute atomic E-state index is 10.6. The number of aliphatic hydroxyl groups excluding tert-OH is 1. The number of aromatic nitrogens is 1. The predicted molar refractivity (Wildman–Crippen MR) is 65.2 cm³/mol. The van der Waals surface area contributed by atoms with Crippen LogP contribution in [-0.4, -0.2) is 27.7 Å². The first-order chi connectivity index (χ1) is 7.90. The normalized spacial score (nSPS) is 12.5. The maximum atomic E-state index is 10.6. The highest BCUT2D eigenvalue weighted by Crippen LogP contribution is 2.20. The molecule has 94 valence electrons. The van der Waals surface area contributed by atoms with Crippen molar-refractivity contribution < 1.29 is 10.0 Å². The summed E-state index contributed by atoms with van der Waals surface area (Å²) in [4.78, 5) is 13.9. The van der Waals surface area contributed by atoms with Gasteiger partial charge in [-0.05, 0) is 5.92 Å². The summed E-state index contributed by atoms with van der Waals surface area (Å²) in [5.74, 6) is 0.376. The van der Waals surface area contributed by atoms with Crippen LogP contribution in [-0.2, 0) is 0 Å². The summed E-state index contributed by atoms with van der Waals surface area (Å²) < 4.78 is 0. The van der Waals surface area contributed by atoms with Crippen LogP contribution in [0, 0.1) is 16.0 Å².